The molecule has 0 aromatic carbocycles. The van der Waals surface area contributed by atoms with Crippen molar-refractivity contribution in [2.75, 3.05) is 14.1 Å². The first-order valence-electron chi connectivity index (χ1n) is 6.54. The molecule has 0 radical (unpaired) electrons. The summed E-state index contributed by atoms with van der Waals surface area (Å²) in [6.07, 6.45) is 1.82. The van der Waals surface area contributed by atoms with Crippen LogP contribution < -0.4 is 5.32 Å². The molecule has 0 saturated carbocycles. The third kappa shape index (κ3) is 5.28. The van der Waals surface area contributed by atoms with Gasteiger partial charge in [-0.2, -0.15) is 11.3 Å². The first-order valence-corrected chi connectivity index (χ1v) is 7.48. The Morgan fingerprint density at radius 3 is 2.86 bits per heavy atom. The zero-order valence-corrected chi connectivity index (χ0v) is 15.7. The molecule has 0 aliphatic rings. The van der Waals surface area contributed by atoms with Crippen LogP contribution in [-0.4, -0.2) is 29.9 Å². The number of hydrogen-bond acceptors (Lipinski definition) is 3. The smallest absolute Gasteiger partial charge is 0.194 e. The van der Waals surface area contributed by atoms with Gasteiger partial charge in [-0.25, -0.2) is 0 Å². The van der Waals surface area contributed by atoms with Gasteiger partial charge in [0.25, 0.3) is 0 Å². The lowest BCUT2D eigenvalue weighted by atomic mass is 10.2. The molecular weight excluding hydrogens is 395 g/mol. The highest BCUT2D eigenvalue weighted by Crippen LogP contribution is 2.09. The molecule has 0 fully saturated rings. The van der Waals surface area contributed by atoms with Crippen LogP contribution in [0.15, 0.2) is 40.1 Å². The molecule has 0 atom stereocenters. The monoisotopic (exact) mass is 416 g/mol. The van der Waals surface area contributed by atoms with Gasteiger partial charge in [0.1, 0.15) is 0 Å². The fourth-order valence-corrected chi connectivity index (χ4v) is 2.64. The van der Waals surface area contributed by atoms with Gasteiger partial charge in [0, 0.05) is 26.8 Å². The zero-order valence-electron chi connectivity index (χ0n) is 12.5. The predicted octanol–water partition coefficient (Wildman–Crippen LogP) is 3.28. The Hall–Kier alpha value is -1.15. The molecule has 4 nitrogen and oxygen atoms in total. The molecule has 0 saturated heterocycles. The number of aryl methyl sites for hydroxylation is 1. The number of hydrogen-bond donors (Lipinski definition) is 1. The van der Waals surface area contributed by atoms with Gasteiger partial charge in [-0.1, -0.05) is 6.07 Å². The van der Waals surface area contributed by atoms with E-state index in [1.165, 1.54) is 11.1 Å². The second kappa shape index (κ2) is 8.99. The lowest BCUT2D eigenvalue weighted by Gasteiger charge is -2.21. The van der Waals surface area contributed by atoms with E-state index in [1.807, 2.05) is 19.3 Å². The third-order valence-electron chi connectivity index (χ3n) is 3.11. The molecule has 0 spiro atoms. The first kappa shape index (κ1) is 17.9. The molecule has 2 heterocycles. The summed E-state index contributed by atoms with van der Waals surface area (Å²) < 4.78 is 0. The Bertz CT molecular complexity index is 569. The van der Waals surface area contributed by atoms with Gasteiger partial charge in [0.15, 0.2) is 5.96 Å². The van der Waals surface area contributed by atoms with Gasteiger partial charge < -0.3 is 10.2 Å². The summed E-state index contributed by atoms with van der Waals surface area (Å²) in [5, 5.41) is 7.61. The summed E-state index contributed by atoms with van der Waals surface area (Å²) in [4.78, 5) is 10.8. The summed E-state index contributed by atoms with van der Waals surface area (Å²) >= 11 is 1.72. The minimum Gasteiger partial charge on any atom is -0.351 e. The van der Waals surface area contributed by atoms with E-state index in [2.05, 4.69) is 50.0 Å². The van der Waals surface area contributed by atoms with Crippen molar-refractivity contribution < 1.29 is 0 Å². The van der Waals surface area contributed by atoms with Crippen molar-refractivity contribution >= 4 is 41.3 Å². The Kier molecular flexibility index (Phi) is 7.66. The van der Waals surface area contributed by atoms with Gasteiger partial charge in [0.05, 0.1) is 12.2 Å². The second-order valence-corrected chi connectivity index (χ2v) is 5.44. The Morgan fingerprint density at radius 2 is 2.24 bits per heavy atom. The normalized spacial score (nSPS) is 10.9. The average Bonchev–Trinajstić information content (AvgIpc) is 2.94. The fraction of sp³-hybridized carbons (Fsp3) is 0.333. The summed E-state index contributed by atoms with van der Waals surface area (Å²) in [5.74, 6) is 0.876. The highest BCUT2D eigenvalue weighted by molar-refractivity contribution is 14.0. The second-order valence-electron chi connectivity index (χ2n) is 4.66. The SMILES string of the molecule is CN=C(NCc1ncccc1C)N(C)Cc1ccsc1.I. The molecule has 1 N–H and O–H groups in total. The van der Waals surface area contributed by atoms with E-state index < -0.39 is 0 Å². The van der Waals surface area contributed by atoms with Crippen molar-refractivity contribution in [1.82, 2.24) is 15.2 Å². The Labute approximate surface area is 147 Å². The molecule has 0 unspecified atom stereocenters. The van der Waals surface area contributed by atoms with Gasteiger partial charge in [-0.15, -0.1) is 24.0 Å². The number of nitrogens with zero attached hydrogens (tertiary/aromatic N) is 3. The number of guanidine groups is 1. The van der Waals surface area contributed by atoms with E-state index in [1.54, 1.807) is 18.4 Å². The molecule has 21 heavy (non-hydrogen) atoms. The molecule has 0 aliphatic carbocycles. The van der Waals surface area contributed by atoms with Crippen molar-refractivity contribution in [2.45, 2.75) is 20.0 Å². The number of halogens is 1. The zero-order chi connectivity index (χ0) is 14.4. The van der Waals surface area contributed by atoms with E-state index in [0.717, 1.165) is 18.2 Å². The van der Waals surface area contributed by atoms with Crippen molar-refractivity contribution in [3.8, 4) is 0 Å². The van der Waals surface area contributed by atoms with Crippen molar-refractivity contribution in [3.05, 3.63) is 52.0 Å². The maximum Gasteiger partial charge on any atom is 0.194 e. The van der Waals surface area contributed by atoms with Gasteiger partial charge in [0.2, 0.25) is 0 Å². The molecular formula is C15H21IN4S. The minimum atomic E-state index is 0. The number of rotatable bonds is 4. The van der Waals surface area contributed by atoms with Crippen LogP contribution in [0.2, 0.25) is 0 Å². The summed E-state index contributed by atoms with van der Waals surface area (Å²) in [6.45, 7) is 3.61. The summed E-state index contributed by atoms with van der Waals surface area (Å²) in [5.41, 5.74) is 3.54. The number of nitrogens with one attached hydrogen (secondary N) is 1. The topological polar surface area (TPSA) is 40.5 Å². The van der Waals surface area contributed by atoms with Crippen LogP contribution in [0.5, 0.6) is 0 Å². The van der Waals surface area contributed by atoms with Crippen LogP contribution >= 0.6 is 35.3 Å². The van der Waals surface area contributed by atoms with Crippen molar-refractivity contribution in [1.29, 1.82) is 0 Å². The quantitative estimate of drug-likeness (QED) is 0.473. The highest BCUT2D eigenvalue weighted by atomic mass is 127. The van der Waals surface area contributed by atoms with Crippen LogP contribution in [0.4, 0.5) is 0 Å². The summed E-state index contributed by atoms with van der Waals surface area (Å²) in [6, 6.07) is 6.16. The van der Waals surface area contributed by atoms with Gasteiger partial charge >= 0.3 is 0 Å². The number of thiophene rings is 1. The molecule has 6 heteroatoms. The molecule has 114 valence electrons. The van der Waals surface area contributed by atoms with Crippen molar-refractivity contribution in [2.24, 2.45) is 4.99 Å². The van der Waals surface area contributed by atoms with Gasteiger partial charge in [-0.05, 0) is 40.9 Å². The molecule has 0 amide bonds. The average molecular weight is 416 g/mol. The standard InChI is InChI=1S/C15H20N4S.HI/c1-12-5-4-7-17-14(12)9-18-15(16-2)19(3)10-13-6-8-20-11-13;/h4-8,11H,9-10H2,1-3H3,(H,16,18);1H. The first-order chi connectivity index (χ1) is 9.70. The maximum atomic E-state index is 4.39. The number of pyridine rings is 1. The van der Waals surface area contributed by atoms with Crippen LogP contribution in [0, 0.1) is 6.92 Å². The Morgan fingerprint density at radius 1 is 1.43 bits per heavy atom. The third-order valence-corrected chi connectivity index (χ3v) is 3.84. The van der Waals surface area contributed by atoms with Crippen LogP contribution in [0.3, 0.4) is 0 Å². The van der Waals surface area contributed by atoms with Crippen LogP contribution in [0.1, 0.15) is 16.8 Å². The molecule has 2 rings (SSSR count). The van der Waals surface area contributed by atoms with Gasteiger partial charge in [-0.3, -0.25) is 9.98 Å². The van der Waals surface area contributed by atoms with E-state index in [0.29, 0.717) is 6.54 Å². The van der Waals surface area contributed by atoms with E-state index >= 15 is 0 Å². The largest absolute Gasteiger partial charge is 0.351 e. The Balaban J connectivity index is 0.00000220. The van der Waals surface area contributed by atoms with E-state index in [-0.39, 0.29) is 24.0 Å². The number of aliphatic imine (C=N–C) groups is 1. The van der Waals surface area contributed by atoms with Crippen molar-refractivity contribution in [3.63, 3.8) is 0 Å². The minimum absolute atomic E-state index is 0. The lowest BCUT2D eigenvalue weighted by molar-refractivity contribution is 0.476. The van der Waals surface area contributed by atoms with Crippen LogP contribution in [0.25, 0.3) is 0 Å². The lowest BCUT2D eigenvalue weighted by Crippen LogP contribution is -2.38. The highest BCUT2D eigenvalue weighted by Gasteiger charge is 2.07. The molecule has 2 aromatic heterocycles. The fourth-order valence-electron chi connectivity index (χ4n) is 1.98. The molecule has 0 bridgehead atoms. The van der Waals surface area contributed by atoms with E-state index in [4.69, 9.17) is 0 Å². The summed E-state index contributed by atoms with van der Waals surface area (Å²) in [7, 11) is 3.84. The van der Waals surface area contributed by atoms with E-state index in [9.17, 15) is 0 Å². The molecule has 0 aliphatic heterocycles. The predicted molar refractivity (Wildman–Crippen MR) is 100 cm³/mol. The molecule has 2 aromatic rings. The maximum absolute atomic E-state index is 4.39. The number of aromatic nitrogens is 1. The van der Waals surface area contributed by atoms with Crippen LogP contribution in [-0.2, 0) is 13.1 Å².